The summed E-state index contributed by atoms with van der Waals surface area (Å²) in [7, 11) is -2.16. The second kappa shape index (κ2) is 9.27. The average Bonchev–Trinajstić information content (AvgIpc) is 3.23. The lowest BCUT2D eigenvalue weighted by Gasteiger charge is -2.25. The highest BCUT2D eigenvalue weighted by Gasteiger charge is 2.28. The summed E-state index contributed by atoms with van der Waals surface area (Å²) in [6, 6.07) is 5.71. The van der Waals surface area contributed by atoms with Gasteiger partial charge in [-0.3, -0.25) is 29.4 Å². The summed E-state index contributed by atoms with van der Waals surface area (Å²) in [5, 5.41) is 9.49. The number of H-pyrrole nitrogens is 2. The van der Waals surface area contributed by atoms with Crippen LogP contribution in [-0.2, 0) is 21.9 Å². The Morgan fingerprint density at radius 1 is 1.06 bits per heavy atom. The highest BCUT2D eigenvalue weighted by molar-refractivity contribution is 7.89. The minimum Gasteiger partial charge on any atom is -0.345 e. The molecule has 34 heavy (non-hydrogen) atoms. The van der Waals surface area contributed by atoms with E-state index >= 15 is 0 Å². The summed E-state index contributed by atoms with van der Waals surface area (Å²) in [5.74, 6) is -1.26. The van der Waals surface area contributed by atoms with Crippen LogP contribution in [0.1, 0.15) is 29.8 Å². The summed E-state index contributed by atoms with van der Waals surface area (Å²) in [5.41, 5.74) is -0.895. The van der Waals surface area contributed by atoms with Gasteiger partial charge in [-0.15, -0.1) is 0 Å². The van der Waals surface area contributed by atoms with E-state index in [-0.39, 0.29) is 27.0 Å². The second-order valence-electron chi connectivity index (χ2n) is 8.00. The number of fused-ring (bicyclic) bond motifs is 1. The van der Waals surface area contributed by atoms with Gasteiger partial charge in [-0.2, -0.15) is 4.31 Å². The normalized spacial score (nSPS) is 14.7. The Morgan fingerprint density at radius 3 is 2.50 bits per heavy atom. The summed E-state index contributed by atoms with van der Waals surface area (Å²) in [6.07, 6.45) is 3.95. The first-order valence-corrected chi connectivity index (χ1v) is 12.1. The lowest BCUT2D eigenvalue weighted by atomic mass is 10.1. The highest BCUT2D eigenvalue weighted by Crippen LogP contribution is 2.22. The molecule has 0 aliphatic carbocycles. The molecule has 3 aromatic rings. The Balaban J connectivity index is 1.45. The molecule has 1 saturated heterocycles. The number of hydrogen-bond acceptors (Lipinski definition) is 6. The maximum Gasteiger partial charge on any atom is 0.272 e. The molecule has 12 nitrogen and oxygen atoms in total. The van der Waals surface area contributed by atoms with Crippen molar-refractivity contribution in [3.63, 3.8) is 0 Å². The number of aromatic amines is 2. The number of hydrogen-bond donors (Lipinski definition) is 4. The summed E-state index contributed by atoms with van der Waals surface area (Å²) in [4.78, 5) is 49.1. The fraction of sp³-hybridized carbons (Fsp3) is 0.333. The number of aromatic nitrogens is 3. The number of carbonyl (C=O) groups is 2. The molecule has 13 heteroatoms. The Kier molecular flexibility index (Phi) is 6.39. The van der Waals surface area contributed by atoms with Crippen molar-refractivity contribution in [2.24, 2.45) is 7.05 Å². The van der Waals surface area contributed by atoms with Crippen LogP contribution in [0.25, 0.3) is 10.8 Å². The molecule has 0 atom stereocenters. The zero-order valence-corrected chi connectivity index (χ0v) is 19.2. The fourth-order valence-corrected chi connectivity index (χ4v) is 5.52. The lowest BCUT2D eigenvalue weighted by Crippen LogP contribution is -2.35. The molecular formula is C21H24N6O6S. The van der Waals surface area contributed by atoms with Gasteiger partial charge in [0.1, 0.15) is 10.6 Å². The first-order chi connectivity index (χ1) is 16.2. The van der Waals surface area contributed by atoms with Crippen LogP contribution in [0.15, 0.2) is 44.9 Å². The number of rotatable bonds is 6. The number of nitrogens with one attached hydrogen (secondary N) is 4. The van der Waals surface area contributed by atoms with Crippen molar-refractivity contribution in [3.8, 4) is 0 Å². The van der Waals surface area contributed by atoms with E-state index in [1.807, 2.05) is 0 Å². The van der Waals surface area contributed by atoms with E-state index in [1.54, 1.807) is 7.05 Å². The van der Waals surface area contributed by atoms with Crippen LogP contribution in [0.2, 0.25) is 0 Å². The molecule has 2 aromatic heterocycles. The molecule has 0 unspecified atom stereocenters. The van der Waals surface area contributed by atoms with Gasteiger partial charge < -0.3 is 15.2 Å². The van der Waals surface area contributed by atoms with Crippen molar-refractivity contribution in [2.45, 2.75) is 24.2 Å². The zero-order chi connectivity index (χ0) is 24.5. The monoisotopic (exact) mass is 488 g/mol. The molecule has 0 radical (unpaired) electrons. The van der Waals surface area contributed by atoms with Crippen molar-refractivity contribution in [1.82, 2.24) is 24.4 Å². The van der Waals surface area contributed by atoms with E-state index in [2.05, 4.69) is 20.8 Å². The summed E-state index contributed by atoms with van der Waals surface area (Å²) >= 11 is 0. The fourth-order valence-electron chi connectivity index (χ4n) is 3.93. The highest BCUT2D eigenvalue weighted by atomic mass is 32.2. The van der Waals surface area contributed by atoms with Crippen LogP contribution < -0.4 is 21.8 Å². The third kappa shape index (κ3) is 4.52. The van der Waals surface area contributed by atoms with Gasteiger partial charge in [0.2, 0.25) is 15.9 Å². The largest absolute Gasteiger partial charge is 0.345 e. The Labute approximate surface area is 194 Å². The third-order valence-electron chi connectivity index (χ3n) is 5.67. The number of piperidine rings is 1. The molecule has 3 heterocycles. The van der Waals surface area contributed by atoms with Crippen molar-refractivity contribution in [2.75, 3.05) is 25.0 Å². The van der Waals surface area contributed by atoms with Crippen LogP contribution in [0.5, 0.6) is 0 Å². The van der Waals surface area contributed by atoms with Crippen LogP contribution in [-0.4, -0.2) is 58.9 Å². The van der Waals surface area contributed by atoms with E-state index in [0.717, 1.165) is 19.3 Å². The number of amides is 2. The van der Waals surface area contributed by atoms with Gasteiger partial charge in [0, 0.05) is 26.3 Å². The number of benzene rings is 1. The number of carbonyl (C=O) groups excluding carboxylic acids is 2. The van der Waals surface area contributed by atoms with E-state index < -0.39 is 39.5 Å². The zero-order valence-electron chi connectivity index (χ0n) is 18.4. The standard InChI is InChI=1S/C21H24N6O6S/c1-26-12-13(34(32,33)27-8-3-2-4-9-27)10-16(26)20(30)22-11-17(28)23-15-7-5-6-14-18(15)21(31)25-24-19(14)29/h5-7,10,12H,2-4,8-9,11H2,1H3,(H,22,30)(H,23,28)(H,24,29)(H,25,31). The van der Waals surface area contributed by atoms with Crippen LogP contribution >= 0.6 is 0 Å². The van der Waals surface area contributed by atoms with Gasteiger partial charge in [0.05, 0.1) is 23.0 Å². The maximum atomic E-state index is 12.9. The summed E-state index contributed by atoms with van der Waals surface area (Å²) < 4.78 is 28.5. The van der Waals surface area contributed by atoms with Crippen molar-refractivity contribution in [1.29, 1.82) is 0 Å². The SMILES string of the molecule is Cn1cc(S(=O)(=O)N2CCCCC2)cc1C(=O)NCC(=O)Nc1cccc2c(=O)[nH][nH]c(=O)c12. The van der Waals surface area contributed by atoms with Crippen molar-refractivity contribution < 1.29 is 18.0 Å². The second-order valence-corrected chi connectivity index (χ2v) is 9.94. The number of aryl methyl sites for hydroxylation is 1. The van der Waals surface area contributed by atoms with Gasteiger partial charge in [0.25, 0.3) is 17.0 Å². The molecule has 2 amide bonds. The molecule has 0 spiro atoms. The number of anilines is 1. The minimum absolute atomic E-state index is 0.0147. The first kappa shape index (κ1) is 23.4. The first-order valence-electron chi connectivity index (χ1n) is 10.7. The Bertz CT molecular complexity index is 1480. The minimum atomic E-state index is -3.71. The van der Waals surface area contributed by atoms with Gasteiger partial charge in [-0.05, 0) is 31.0 Å². The molecule has 4 rings (SSSR count). The van der Waals surface area contributed by atoms with Gasteiger partial charge in [0.15, 0.2) is 0 Å². The molecular weight excluding hydrogens is 464 g/mol. The van der Waals surface area contributed by atoms with Gasteiger partial charge >= 0.3 is 0 Å². The van der Waals surface area contributed by atoms with E-state index in [0.29, 0.717) is 13.1 Å². The van der Waals surface area contributed by atoms with Crippen molar-refractivity contribution >= 4 is 38.3 Å². The van der Waals surface area contributed by atoms with Crippen LogP contribution in [0.3, 0.4) is 0 Å². The summed E-state index contributed by atoms with van der Waals surface area (Å²) in [6.45, 7) is 0.458. The molecule has 0 saturated carbocycles. The molecule has 1 aromatic carbocycles. The maximum absolute atomic E-state index is 12.9. The quantitative estimate of drug-likeness (QED) is 0.384. The van der Waals surface area contributed by atoms with Crippen LogP contribution in [0.4, 0.5) is 5.69 Å². The number of nitrogens with zero attached hydrogens (tertiary/aromatic N) is 2. The molecule has 1 aliphatic heterocycles. The van der Waals surface area contributed by atoms with E-state index in [1.165, 1.54) is 39.3 Å². The van der Waals surface area contributed by atoms with Crippen molar-refractivity contribution in [3.05, 3.63) is 56.9 Å². The molecule has 180 valence electrons. The van der Waals surface area contributed by atoms with E-state index in [4.69, 9.17) is 0 Å². The molecule has 1 aliphatic rings. The Morgan fingerprint density at radius 2 is 1.76 bits per heavy atom. The third-order valence-corrected chi connectivity index (χ3v) is 7.54. The molecule has 1 fully saturated rings. The topological polar surface area (TPSA) is 166 Å². The number of sulfonamides is 1. The van der Waals surface area contributed by atoms with E-state index in [9.17, 15) is 27.6 Å². The predicted octanol–water partition coefficient (Wildman–Crippen LogP) is 0.0980. The smallest absolute Gasteiger partial charge is 0.272 e. The lowest BCUT2D eigenvalue weighted by molar-refractivity contribution is -0.115. The predicted molar refractivity (Wildman–Crippen MR) is 124 cm³/mol. The average molecular weight is 489 g/mol. The van der Waals surface area contributed by atoms with Gasteiger partial charge in [-0.25, -0.2) is 8.42 Å². The molecule has 0 bridgehead atoms. The Hall–Kier alpha value is -3.71. The van der Waals surface area contributed by atoms with Gasteiger partial charge in [-0.1, -0.05) is 12.5 Å². The van der Waals surface area contributed by atoms with Crippen LogP contribution in [0, 0.1) is 0 Å². The molecule has 4 N–H and O–H groups in total.